The number of aromatic nitrogens is 1. The SMILES string of the molecule is C=N/C=C\C(=C/C)c1cccnc1C. The number of hydrogen-bond donors (Lipinski definition) is 0. The van der Waals surface area contributed by atoms with Crippen LogP contribution in [-0.2, 0) is 0 Å². The summed E-state index contributed by atoms with van der Waals surface area (Å²) in [4.78, 5) is 7.92. The molecule has 0 fully saturated rings. The third-order valence-electron chi connectivity index (χ3n) is 1.99. The summed E-state index contributed by atoms with van der Waals surface area (Å²) in [5, 5.41) is 0. The molecule has 0 aromatic carbocycles. The fourth-order valence-corrected chi connectivity index (χ4v) is 1.26. The van der Waals surface area contributed by atoms with Gasteiger partial charge in [0.15, 0.2) is 0 Å². The first kappa shape index (κ1) is 10.4. The van der Waals surface area contributed by atoms with Gasteiger partial charge in [-0.3, -0.25) is 9.98 Å². The predicted molar refractivity (Wildman–Crippen MR) is 61.3 cm³/mol. The van der Waals surface area contributed by atoms with E-state index in [4.69, 9.17) is 0 Å². The molecule has 14 heavy (non-hydrogen) atoms. The van der Waals surface area contributed by atoms with E-state index in [2.05, 4.69) is 16.7 Å². The summed E-state index contributed by atoms with van der Waals surface area (Å²) in [6.07, 6.45) is 7.44. The van der Waals surface area contributed by atoms with Gasteiger partial charge >= 0.3 is 0 Å². The highest BCUT2D eigenvalue weighted by atomic mass is 14.7. The molecule has 0 aliphatic carbocycles. The van der Waals surface area contributed by atoms with Crippen LogP contribution in [0.25, 0.3) is 5.57 Å². The van der Waals surface area contributed by atoms with Gasteiger partial charge in [-0.2, -0.15) is 0 Å². The van der Waals surface area contributed by atoms with Crippen molar-refractivity contribution in [2.45, 2.75) is 13.8 Å². The fourth-order valence-electron chi connectivity index (χ4n) is 1.26. The number of aliphatic imine (C=N–C) groups is 1. The summed E-state index contributed by atoms with van der Waals surface area (Å²) >= 11 is 0. The van der Waals surface area contributed by atoms with Crippen molar-refractivity contribution in [3.8, 4) is 0 Å². The molecule has 2 nitrogen and oxygen atoms in total. The van der Waals surface area contributed by atoms with Crippen LogP contribution in [0.15, 0.2) is 41.7 Å². The molecule has 0 amide bonds. The Labute approximate surface area is 84.7 Å². The Morgan fingerprint density at radius 2 is 2.36 bits per heavy atom. The highest BCUT2D eigenvalue weighted by molar-refractivity contribution is 5.74. The molecule has 0 atom stereocenters. The zero-order valence-corrected chi connectivity index (χ0v) is 8.57. The Balaban J connectivity index is 3.08. The number of aryl methyl sites for hydroxylation is 1. The van der Waals surface area contributed by atoms with Crippen LogP contribution >= 0.6 is 0 Å². The average molecular weight is 186 g/mol. The van der Waals surface area contributed by atoms with E-state index in [1.807, 2.05) is 38.1 Å². The van der Waals surface area contributed by atoms with E-state index in [1.54, 1.807) is 12.4 Å². The zero-order chi connectivity index (χ0) is 10.4. The lowest BCUT2D eigenvalue weighted by atomic mass is 10.0. The molecule has 2 heteroatoms. The van der Waals surface area contributed by atoms with Crippen LogP contribution in [0, 0.1) is 6.92 Å². The van der Waals surface area contributed by atoms with Gasteiger partial charge in [0.1, 0.15) is 0 Å². The van der Waals surface area contributed by atoms with Crippen molar-refractivity contribution in [3.05, 3.63) is 47.9 Å². The lowest BCUT2D eigenvalue weighted by molar-refractivity contribution is 1.18. The molecule has 0 bridgehead atoms. The van der Waals surface area contributed by atoms with E-state index in [9.17, 15) is 0 Å². The van der Waals surface area contributed by atoms with Crippen molar-refractivity contribution < 1.29 is 0 Å². The molecule has 1 aromatic rings. The topological polar surface area (TPSA) is 25.2 Å². The highest BCUT2D eigenvalue weighted by Crippen LogP contribution is 2.17. The first-order valence-corrected chi connectivity index (χ1v) is 4.50. The lowest BCUT2D eigenvalue weighted by Gasteiger charge is -2.04. The van der Waals surface area contributed by atoms with Crippen molar-refractivity contribution in [1.29, 1.82) is 0 Å². The number of nitrogens with zero attached hydrogens (tertiary/aromatic N) is 2. The van der Waals surface area contributed by atoms with Gasteiger partial charge in [-0.05, 0) is 38.3 Å². The summed E-state index contributed by atoms with van der Waals surface area (Å²) in [6, 6.07) is 3.98. The molecule has 0 aliphatic rings. The van der Waals surface area contributed by atoms with E-state index in [0.29, 0.717) is 0 Å². The summed E-state index contributed by atoms with van der Waals surface area (Å²) in [5.41, 5.74) is 3.27. The van der Waals surface area contributed by atoms with Gasteiger partial charge < -0.3 is 0 Å². The monoisotopic (exact) mass is 186 g/mol. The minimum absolute atomic E-state index is 1.02. The Bertz CT molecular complexity index is 376. The Morgan fingerprint density at radius 1 is 1.57 bits per heavy atom. The lowest BCUT2D eigenvalue weighted by Crippen LogP contribution is -1.88. The maximum absolute atomic E-state index is 4.24. The normalized spacial score (nSPS) is 12.0. The standard InChI is InChI=1S/C12H14N2/c1-4-11(7-9-13-3)12-6-5-8-14-10(12)2/h4-9H,3H2,1-2H3/b9-7-,11-4+. The van der Waals surface area contributed by atoms with Crippen molar-refractivity contribution >= 4 is 12.3 Å². The molecule has 0 N–H and O–H groups in total. The maximum atomic E-state index is 4.24. The smallest absolute Gasteiger partial charge is 0.0450 e. The molecule has 1 aromatic heterocycles. The van der Waals surface area contributed by atoms with Gasteiger partial charge in [0.2, 0.25) is 0 Å². The second-order valence-corrected chi connectivity index (χ2v) is 2.88. The third-order valence-corrected chi connectivity index (χ3v) is 1.99. The van der Waals surface area contributed by atoms with Crippen LogP contribution in [0.4, 0.5) is 0 Å². The molecule has 1 heterocycles. The van der Waals surface area contributed by atoms with Crippen molar-refractivity contribution in [1.82, 2.24) is 4.98 Å². The highest BCUT2D eigenvalue weighted by Gasteiger charge is 2.00. The molecular formula is C12H14N2. The summed E-state index contributed by atoms with van der Waals surface area (Å²) < 4.78 is 0. The second kappa shape index (κ2) is 5.12. The Kier molecular flexibility index (Phi) is 3.80. The minimum Gasteiger partial charge on any atom is -0.272 e. The second-order valence-electron chi connectivity index (χ2n) is 2.88. The summed E-state index contributed by atoms with van der Waals surface area (Å²) in [7, 11) is 0. The molecule has 1 rings (SSSR count). The van der Waals surface area contributed by atoms with Gasteiger partial charge in [0, 0.05) is 23.7 Å². The predicted octanol–water partition coefficient (Wildman–Crippen LogP) is 3.01. The van der Waals surface area contributed by atoms with Crippen molar-refractivity contribution in [2.75, 3.05) is 0 Å². The molecular weight excluding hydrogens is 172 g/mol. The molecule has 72 valence electrons. The largest absolute Gasteiger partial charge is 0.272 e. The van der Waals surface area contributed by atoms with Crippen LogP contribution in [-0.4, -0.2) is 11.7 Å². The summed E-state index contributed by atoms with van der Waals surface area (Å²) in [6.45, 7) is 7.39. The van der Waals surface area contributed by atoms with Crippen molar-refractivity contribution in [2.24, 2.45) is 4.99 Å². The Hall–Kier alpha value is -1.70. The average Bonchev–Trinajstić information content (AvgIpc) is 2.21. The van der Waals surface area contributed by atoms with Crippen LogP contribution in [0.1, 0.15) is 18.2 Å². The molecule has 0 unspecified atom stereocenters. The molecule has 0 radical (unpaired) electrons. The van der Waals surface area contributed by atoms with Gasteiger partial charge in [-0.1, -0.05) is 12.1 Å². The molecule has 0 saturated carbocycles. The van der Waals surface area contributed by atoms with E-state index >= 15 is 0 Å². The molecule has 0 spiro atoms. The first-order valence-electron chi connectivity index (χ1n) is 4.50. The van der Waals surface area contributed by atoms with Crippen molar-refractivity contribution in [3.63, 3.8) is 0 Å². The number of hydrogen-bond acceptors (Lipinski definition) is 2. The molecule has 0 saturated heterocycles. The van der Waals surface area contributed by atoms with E-state index < -0.39 is 0 Å². The van der Waals surface area contributed by atoms with Crippen LogP contribution in [0.3, 0.4) is 0 Å². The minimum atomic E-state index is 1.02. The fraction of sp³-hybridized carbons (Fsp3) is 0.167. The number of pyridine rings is 1. The van der Waals surface area contributed by atoms with Crippen LogP contribution < -0.4 is 0 Å². The number of rotatable bonds is 3. The van der Waals surface area contributed by atoms with E-state index in [1.165, 1.54) is 0 Å². The molecule has 0 aliphatic heterocycles. The van der Waals surface area contributed by atoms with E-state index in [-0.39, 0.29) is 0 Å². The zero-order valence-electron chi connectivity index (χ0n) is 8.57. The van der Waals surface area contributed by atoms with E-state index in [0.717, 1.165) is 16.8 Å². The quantitative estimate of drug-likeness (QED) is 0.526. The summed E-state index contributed by atoms with van der Waals surface area (Å²) in [5.74, 6) is 0. The van der Waals surface area contributed by atoms with Crippen LogP contribution in [0.5, 0.6) is 0 Å². The number of allylic oxidation sites excluding steroid dienone is 3. The first-order chi connectivity index (χ1) is 6.79. The van der Waals surface area contributed by atoms with Crippen LogP contribution in [0.2, 0.25) is 0 Å². The van der Waals surface area contributed by atoms with Gasteiger partial charge in [0.05, 0.1) is 0 Å². The Morgan fingerprint density at radius 3 is 2.93 bits per heavy atom. The van der Waals surface area contributed by atoms with Gasteiger partial charge in [-0.25, -0.2) is 0 Å². The third kappa shape index (κ3) is 2.39. The van der Waals surface area contributed by atoms with Gasteiger partial charge in [0.25, 0.3) is 0 Å². The van der Waals surface area contributed by atoms with Gasteiger partial charge in [-0.15, -0.1) is 0 Å². The maximum Gasteiger partial charge on any atom is 0.0450 e.